The van der Waals surface area contributed by atoms with E-state index in [0.717, 1.165) is 0 Å². The first-order chi connectivity index (χ1) is 17.3. The van der Waals surface area contributed by atoms with Crippen molar-refractivity contribution in [2.75, 3.05) is 39.6 Å². The Labute approximate surface area is 209 Å². The molecule has 0 radical (unpaired) electrons. The number of piperidine rings is 1. The summed E-state index contributed by atoms with van der Waals surface area (Å²) < 4.78 is 10.7. The van der Waals surface area contributed by atoms with E-state index in [9.17, 15) is 19.2 Å². The molecule has 0 aromatic heterocycles. The van der Waals surface area contributed by atoms with Crippen molar-refractivity contribution in [3.05, 3.63) is 60.2 Å². The number of likely N-dealkylation sites (N-methyl/N-ethyl adjacent to an activating group) is 1. The standard InChI is InChI=1S/C26H30N4O6/c1-27-22(31)20-21(36-25(34)28-18-7-5-4-6-8-18)24(33)29(2)26(20)13-15-30(16-14-26)23(32)17-9-11-19(35-3)12-10-17/h4-12,20-21H,13-16H2,1-3H3,(H,27,31)(H,28,34)/t20-,21+/m0/s1. The van der Waals surface area contributed by atoms with Gasteiger partial charge < -0.3 is 24.6 Å². The molecular weight excluding hydrogens is 464 g/mol. The third-order valence-corrected chi connectivity index (χ3v) is 7.16. The molecule has 4 amide bonds. The van der Waals surface area contributed by atoms with Gasteiger partial charge in [0, 0.05) is 38.4 Å². The number of methoxy groups -OCH3 is 1. The third kappa shape index (κ3) is 4.58. The van der Waals surface area contributed by atoms with Crippen LogP contribution in [0, 0.1) is 5.92 Å². The molecule has 2 aromatic rings. The number of carbonyl (C=O) groups excluding carboxylic acids is 4. The number of hydrogen-bond acceptors (Lipinski definition) is 6. The number of ether oxygens (including phenoxy) is 2. The Bertz CT molecular complexity index is 1130. The number of para-hydroxylation sites is 1. The van der Waals surface area contributed by atoms with Crippen LogP contribution in [0.25, 0.3) is 0 Å². The zero-order valence-corrected chi connectivity index (χ0v) is 20.5. The van der Waals surface area contributed by atoms with Crippen molar-refractivity contribution < 1.29 is 28.7 Å². The van der Waals surface area contributed by atoms with E-state index >= 15 is 0 Å². The molecule has 190 valence electrons. The van der Waals surface area contributed by atoms with Crippen LogP contribution in [0.5, 0.6) is 5.75 Å². The summed E-state index contributed by atoms with van der Waals surface area (Å²) >= 11 is 0. The summed E-state index contributed by atoms with van der Waals surface area (Å²) in [6, 6.07) is 15.6. The average Bonchev–Trinajstić information content (AvgIpc) is 3.10. The Kier molecular flexibility index (Phi) is 7.14. The highest BCUT2D eigenvalue weighted by Gasteiger charge is 2.62. The predicted octanol–water partition coefficient (Wildman–Crippen LogP) is 2.12. The van der Waals surface area contributed by atoms with Gasteiger partial charge in [0.1, 0.15) is 11.7 Å². The molecule has 0 bridgehead atoms. The Morgan fingerprint density at radius 2 is 1.64 bits per heavy atom. The zero-order chi connectivity index (χ0) is 25.9. The van der Waals surface area contributed by atoms with Gasteiger partial charge in [-0.3, -0.25) is 19.7 Å². The number of carbonyl (C=O) groups is 4. The van der Waals surface area contributed by atoms with E-state index in [2.05, 4.69) is 10.6 Å². The molecule has 0 unspecified atom stereocenters. The lowest BCUT2D eigenvalue weighted by Crippen LogP contribution is -2.58. The number of likely N-dealkylation sites (tertiary alicyclic amines) is 2. The largest absolute Gasteiger partial charge is 0.497 e. The lowest BCUT2D eigenvalue weighted by molar-refractivity contribution is -0.137. The second-order valence-electron chi connectivity index (χ2n) is 8.93. The van der Waals surface area contributed by atoms with Gasteiger partial charge in [-0.05, 0) is 49.2 Å². The zero-order valence-electron chi connectivity index (χ0n) is 20.5. The molecule has 2 atom stereocenters. The smallest absolute Gasteiger partial charge is 0.412 e. The maximum absolute atomic E-state index is 13.2. The Balaban J connectivity index is 1.51. The van der Waals surface area contributed by atoms with Crippen LogP contribution in [-0.4, -0.2) is 79.6 Å². The number of nitrogens with one attached hydrogen (secondary N) is 2. The fourth-order valence-corrected chi connectivity index (χ4v) is 5.14. The minimum Gasteiger partial charge on any atom is -0.497 e. The van der Waals surface area contributed by atoms with Crippen LogP contribution in [0.1, 0.15) is 23.2 Å². The van der Waals surface area contributed by atoms with E-state index in [1.165, 1.54) is 11.9 Å². The quantitative estimate of drug-likeness (QED) is 0.658. The topological polar surface area (TPSA) is 117 Å². The molecule has 10 heteroatoms. The fourth-order valence-electron chi connectivity index (χ4n) is 5.14. The van der Waals surface area contributed by atoms with Gasteiger partial charge in [-0.2, -0.15) is 0 Å². The summed E-state index contributed by atoms with van der Waals surface area (Å²) in [7, 11) is 4.67. The SMILES string of the molecule is CNC(=O)[C@@H]1[C@@H](OC(=O)Nc2ccccc2)C(=O)N(C)C12CCN(C(=O)c1ccc(OC)cc1)CC2. The van der Waals surface area contributed by atoms with Gasteiger partial charge in [0.25, 0.3) is 11.8 Å². The second kappa shape index (κ2) is 10.3. The van der Waals surface area contributed by atoms with E-state index in [1.54, 1.807) is 67.6 Å². The van der Waals surface area contributed by atoms with E-state index in [-0.39, 0.29) is 11.8 Å². The Hall–Kier alpha value is -4.08. The summed E-state index contributed by atoms with van der Waals surface area (Å²) in [4.78, 5) is 55.1. The average molecular weight is 495 g/mol. The van der Waals surface area contributed by atoms with Gasteiger partial charge in [0.15, 0.2) is 6.10 Å². The van der Waals surface area contributed by atoms with Crippen molar-refractivity contribution in [3.63, 3.8) is 0 Å². The van der Waals surface area contributed by atoms with Crippen molar-refractivity contribution >= 4 is 29.5 Å². The van der Waals surface area contributed by atoms with E-state index in [1.807, 2.05) is 6.07 Å². The summed E-state index contributed by atoms with van der Waals surface area (Å²) in [5.74, 6) is -1.22. The molecule has 0 aliphatic carbocycles. The first-order valence-corrected chi connectivity index (χ1v) is 11.8. The molecule has 4 rings (SSSR count). The second-order valence-corrected chi connectivity index (χ2v) is 8.93. The van der Waals surface area contributed by atoms with Crippen molar-refractivity contribution in [1.82, 2.24) is 15.1 Å². The Morgan fingerprint density at radius 3 is 2.22 bits per heavy atom. The van der Waals surface area contributed by atoms with Gasteiger partial charge in [-0.1, -0.05) is 18.2 Å². The molecule has 1 spiro atoms. The minimum atomic E-state index is -1.28. The van der Waals surface area contributed by atoms with Crippen LogP contribution in [0.15, 0.2) is 54.6 Å². The van der Waals surface area contributed by atoms with Crippen molar-refractivity contribution in [3.8, 4) is 5.75 Å². The van der Waals surface area contributed by atoms with Gasteiger partial charge in [0.2, 0.25) is 5.91 Å². The van der Waals surface area contributed by atoms with Crippen LogP contribution in [0.4, 0.5) is 10.5 Å². The van der Waals surface area contributed by atoms with Crippen LogP contribution in [0.3, 0.4) is 0 Å². The number of amides is 4. The van der Waals surface area contributed by atoms with Crippen molar-refractivity contribution in [2.24, 2.45) is 5.92 Å². The summed E-state index contributed by atoms with van der Waals surface area (Å²) in [6.45, 7) is 0.692. The molecule has 0 saturated carbocycles. The van der Waals surface area contributed by atoms with E-state index < -0.39 is 29.6 Å². The van der Waals surface area contributed by atoms with Gasteiger partial charge in [-0.25, -0.2) is 4.79 Å². The monoisotopic (exact) mass is 494 g/mol. The van der Waals surface area contributed by atoms with Crippen molar-refractivity contribution in [2.45, 2.75) is 24.5 Å². The molecule has 2 aromatic carbocycles. The van der Waals surface area contributed by atoms with Gasteiger partial charge >= 0.3 is 6.09 Å². The Morgan fingerprint density at radius 1 is 1.00 bits per heavy atom. The normalized spacial score (nSPS) is 20.7. The van der Waals surface area contributed by atoms with E-state index in [0.29, 0.717) is 42.9 Å². The molecule has 2 heterocycles. The lowest BCUT2D eigenvalue weighted by Gasteiger charge is -2.45. The van der Waals surface area contributed by atoms with Gasteiger partial charge in [-0.15, -0.1) is 0 Å². The highest BCUT2D eigenvalue weighted by molar-refractivity contribution is 5.97. The predicted molar refractivity (Wildman–Crippen MR) is 132 cm³/mol. The first kappa shape index (κ1) is 25.0. The van der Waals surface area contributed by atoms with Crippen LogP contribution >= 0.6 is 0 Å². The maximum Gasteiger partial charge on any atom is 0.412 e. The number of nitrogens with zero attached hydrogens (tertiary/aromatic N) is 2. The highest BCUT2D eigenvalue weighted by atomic mass is 16.6. The third-order valence-electron chi connectivity index (χ3n) is 7.16. The first-order valence-electron chi connectivity index (χ1n) is 11.8. The molecule has 36 heavy (non-hydrogen) atoms. The number of anilines is 1. The molecule has 2 fully saturated rings. The molecule has 2 N–H and O–H groups in total. The van der Waals surface area contributed by atoms with Crippen molar-refractivity contribution in [1.29, 1.82) is 0 Å². The minimum absolute atomic E-state index is 0.133. The van der Waals surface area contributed by atoms with Crippen LogP contribution in [0.2, 0.25) is 0 Å². The van der Waals surface area contributed by atoms with E-state index in [4.69, 9.17) is 9.47 Å². The lowest BCUT2D eigenvalue weighted by atomic mass is 9.75. The summed E-state index contributed by atoms with van der Waals surface area (Å²) in [5, 5.41) is 5.22. The number of hydrogen-bond donors (Lipinski definition) is 2. The summed E-state index contributed by atoms with van der Waals surface area (Å²) in [6.07, 6.45) is -1.35. The van der Waals surface area contributed by atoms with Gasteiger partial charge in [0.05, 0.1) is 12.6 Å². The molecular formula is C26H30N4O6. The summed E-state index contributed by atoms with van der Waals surface area (Å²) in [5.41, 5.74) is 0.160. The van der Waals surface area contributed by atoms with Crippen LogP contribution in [-0.2, 0) is 14.3 Å². The molecule has 2 aliphatic heterocycles. The molecule has 2 aliphatic rings. The highest BCUT2D eigenvalue weighted by Crippen LogP contribution is 2.44. The number of benzene rings is 2. The number of rotatable bonds is 5. The van der Waals surface area contributed by atoms with Crippen LogP contribution < -0.4 is 15.4 Å². The fraction of sp³-hybridized carbons (Fsp3) is 0.385. The maximum atomic E-state index is 13.2. The molecule has 10 nitrogen and oxygen atoms in total. The molecule has 2 saturated heterocycles.